The van der Waals surface area contributed by atoms with Gasteiger partial charge in [0.1, 0.15) is 5.41 Å². The molecule has 3 aliphatic rings. The van der Waals surface area contributed by atoms with Crippen molar-refractivity contribution in [3.8, 4) is 0 Å². The molecule has 1 aromatic carbocycles. The number of hydrogen-bond acceptors (Lipinski definition) is 4. The van der Waals surface area contributed by atoms with E-state index < -0.39 is 23.3 Å². The highest BCUT2D eigenvalue weighted by atomic mass is 16.5. The van der Waals surface area contributed by atoms with Gasteiger partial charge in [-0.2, -0.15) is 0 Å². The molecule has 2 saturated carbocycles. The predicted octanol–water partition coefficient (Wildman–Crippen LogP) is 4.31. The van der Waals surface area contributed by atoms with E-state index in [1.807, 2.05) is 18.2 Å². The zero-order valence-corrected chi connectivity index (χ0v) is 18.6. The lowest BCUT2D eigenvalue weighted by Crippen LogP contribution is -2.48. The van der Waals surface area contributed by atoms with Crippen LogP contribution in [0.2, 0.25) is 0 Å². The number of rotatable bonds is 3. The van der Waals surface area contributed by atoms with Gasteiger partial charge >= 0.3 is 11.9 Å². The van der Waals surface area contributed by atoms with E-state index in [0.29, 0.717) is 35.3 Å². The Balaban J connectivity index is 0.000000196. The lowest BCUT2D eigenvalue weighted by molar-refractivity contribution is -0.158. The number of aliphatic carboxylic acids is 1. The lowest BCUT2D eigenvalue weighted by Gasteiger charge is -2.37. The van der Waals surface area contributed by atoms with E-state index in [2.05, 4.69) is 20.8 Å². The van der Waals surface area contributed by atoms with Gasteiger partial charge in [0.25, 0.3) is 0 Å². The van der Waals surface area contributed by atoms with Gasteiger partial charge in [-0.3, -0.25) is 9.59 Å². The highest BCUT2D eigenvalue weighted by Crippen LogP contribution is 2.64. The summed E-state index contributed by atoms with van der Waals surface area (Å²) in [7, 11) is 1.30. The number of carboxylic acid groups (broad SMARTS) is 1. The van der Waals surface area contributed by atoms with E-state index in [9.17, 15) is 14.7 Å². The molecule has 164 valence electrons. The molecule has 3 aliphatic carbocycles. The molecule has 0 heterocycles. The molecule has 2 fully saturated rings. The minimum absolute atomic E-state index is 0.333. The molecule has 0 spiro atoms. The fourth-order valence-corrected chi connectivity index (χ4v) is 6.00. The maximum absolute atomic E-state index is 12.3. The Morgan fingerprint density at radius 3 is 2.23 bits per heavy atom. The summed E-state index contributed by atoms with van der Waals surface area (Å²) < 4.78 is 4.89. The first-order valence-electron chi connectivity index (χ1n) is 10.9. The van der Waals surface area contributed by atoms with Crippen LogP contribution in [0.25, 0.3) is 0 Å². The second-order valence-corrected chi connectivity index (χ2v) is 9.85. The van der Waals surface area contributed by atoms with Crippen LogP contribution in [0, 0.1) is 22.7 Å². The standard InChI is InChI=1S/C15H16O4.C10H19N/c1-19-14(18)15(11-7-3-2-4-8-11)10-6-5-9-12(15)13(16)17;1-9(2)7-4-5-10(9,3)8(11)6-7/h2-8,12H,9-10H2,1H3,(H,16,17);7-8H,4-6,11H2,1-3H3/t12-,15+;/m0./s1. The Bertz CT molecular complexity index is 818. The van der Waals surface area contributed by atoms with Gasteiger partial charge in [-0.15, -0.1) is 0 Å². The molecular weight excluding hydrogens is 378 g/mol. The van der Waals surface area contributed by atoms with Crippen LogP contribution in [0.1, 0.15) is 58.4 Å². The van der Waals surface area contributed by atoms with Crippen molar-refractivity contribution in [2.75, 3.05) is 7.11 Å². The second-order valence-electron chi connectivity index (χ2n) is 9.85. The first kappa shape index (κ1) is 22.5. The van der Waals surface area contributed by atoms with E-state index in [0.717, 1.165) is 5.92 Å². The van der Waals surface area contributed by atoms with Gasteiger partial charge in [-0.1, -0.05) is 63.3 Å². The van der Waals surface area contributed by atoms with Crippen LogP contribution >= 0.6 is 0 Å². The molecule has 5 heteroatoms. The molecule has 5 nitrogen and oxygen atoms in total. The minimum atomic E-state index is -1.13. The summed E-state index contributed by atoms with van der Waals surface area (Å²) in [6, 6.07) is 9.48. The maximum atomic E-state index is 12.3. The Morgan fingerprint density at radius 2 is 1.80 bits per heavy atom. The highest BCUT2D eigenvalue weighted by Gasteiger charge is 2.60. The smallest absolute Gasteiger partial charge is 0.317 e. The Hall–Kier alpha value is -2.14. The van der Waals surface area contributed by atoms with E-state index in [1.54, 1.807) is 24.3 Å². The van der Waals surface area contributed by atoms with Crippen molar-refractivity contribution >= 4 is 11.9 Å². The Labute approximate surface area is 179 Å². The van der Waals surface area contributed by atoms with Crippen molar-refractivity contribution in [3.63, 3.8) is 0 Å². The molecule has 3 unspecified atom stereocenters. The van der Waals surface area contributed by atoms with Crippen molar-refractivity contribution in [2.24, 2.45) is 28.4 Å². The highest BCUT2D eigenvalue weighted by molar-refractivity contribution is 5.90. The average molecular weight is 414 g/mol. The lowest BCUT2D eigenvalue weighted by atomic mass is 9.64. The molecule has 0 aliphatic heterocycles. The summed E-state index contributed by atoms with van der Waals surface area (Å²) in [6.45, 7) is 7.18. The number of methoxy groups -OCH3 is 1. The largest absolute Gasteiger partial charge is 0.481 e. The number of fused-ring (bicyclic) bond motifs is 2. The summed E-state index contributed by atoms with van der Waals surface area (Å²) in [6.07, 6.45) is 8.37. The number of carbonyl (C=O) groups is 2. The third-order valence-corrected chi connectivity index (χ3v) is 8.57. The van der Waals surface area contributed by atoms with Gasteiger partial charge in [0.2, 0.25) is 0 Å². The quantitative estimate of drug-likeness (QED) is 0.569. The monoisotopic (exact) mass is 413 g/mol. The van der Waals surface area contributed by atoms with Crippen LogP contribution in [0.4, 0.5) is 0 Å². The number of benzene rings is 1. The third-order valence-electron chi connectivity index (χ3n) is 8.57. The van der Waals surface area contributed by atoms with E-state index in [4.69, 9.17) is 10.5 Å². The molecule has 0 radical (unpaired) electrons. The van der Waals surface area contributed by atoms with Crippen LogP contribution < -0.4 is 5.73 Å². The van der Waals surface area contributed by atoms with Crippen LogP contribution in [0.5, 0.6) is 0 Å². The second kappa shape index (κ2) is 8.18. The predicted molar refractivity (Wildman–Crippen MR) is 117 cm³/mol. The van der Waals surface area contributed by atoms with Crippen LogP contribution in [0.15, 0.2) is 42.5 Å². The fraction of sp³-hybridized carbons (Fsp3) is 0.600. The minimum Gasteiger partial charge on any atom is -0.481 e. The molecule has 0 aromatic heterocycles. The van der Waals surface area contributed by atoms with E-state index in [-0.39, 0.29) is 0 Å². The first-order valence-corrected chi connectivity index (χ1v) is 10.9. The summed E-state index contributed by atoms with van der Waals surface area (Å²) in [5.41, 5.74) is 6.64. The summed E-state index contributed by atoms with van der Waals surface area (Å²) in [5, 5.41) is 9.44. The van der Waals surface area contributed by atoms with Gasteiger partial charge < -0.3 is 15.6 Å². The molecule has 3 N–H and O–H groups in total. The van der Waals surface area contributed by atoms with Gasteiger partial charge in [-0.05, 0) is 54.4 Å². The molecule has 2 bridgehead atoms. The normalized spacial score (nSPS) is 36.0. The molecule has 0 amide bonds. The van der Waals surface area contributed by atoms with E-state index in [1.165, 1.54) is 26.4 Å². The molecule has 5 atom stereocenters. The summed E-state index contributed by atoms with van der Waals surface area (Å²) in [4.78, 5) is 23.8. The fourth-order valence-electron chi connectivity index (χ4n) is 6.00. The molecule has 30 heavy (non-hydrogen) atoms. The van der Waals surface area contributed by atoms with Crippen molar-refractivity contribution in [1.82, 2.24) is 0 Å². The van der Waals surface area contributed by atoms with Crippen LogP contribution in [-0.4, -0.2) is 30.2 Å². The van der Waals surface area contributed by atoms with E-state index >= 15 is 0 Å². The number of carbonyl (C=O) groups excluding carboxylic acids is 1. The first-order chi connectivity index (χ1) is 14.1. The zero-order chi connectivity index (χ0) is 22.2. The Morgan fingerprint density at radius 1 is 1.13 bits per heavy atom. The topological polar surface area (TPSA) is 89.6 Å². The summed E-state index contributed by atoms with van der Waals surface area (Å²) >= 11 is 0. The molecule has 0 saturated heterocycles. The van der Waals surface area contributed by atoms with Crippen molar-refractivity contribution in [1.29, 1.82) is 0 Å². The number of hydrogen-bond donors (Lipinski definition) is 2. The number of esters is 1. The molecular formula is C25H35NO4. The van der Waals surface area contributed by atoms with Crippen molar-refractivity contribution in [2.45, 2.75) is 64.3 Å². The SMILES string of the molecule is CC1(C)C2CCC1(C)C(N)C2.COC(=O)[C@@]1(c2ccccc2)CC=CC[C@H]1C(=O)O. The average Bonchev–Trinajstić information content (AvgIpc) is 3.07. The molecule has 1 aromatic rings. The van der Waals surface area contributed by atoms with Gasteiger partial charge in [0.05, 0.1) is 13.0 Å². The van der Waals surface area contributed by atoms with Crippen molar-refractivity contribution in [3.05, 3.63) is 48.0 Å². The summed E-state index contributed by atoms with van der Waals surface area (Å²) in [5.74, 6) is -1.36. The number of ether oxygens (including phenoxy) is 1. The van der Waals surface area contributed by atoms with Crippen molar-refractivity contribution < 1.29 is 19.4 Å². The van der Waals surface area contributed by atoms with Gasteiger partial charge in [0.15, 0.2) is 0 Å². The third kappa shape index (κ3) is 3.37. The number of nitrogens with two attached hydrogens (primary N) is 1. The maximum Gasteiger partial charge on any atom is 0.317 e. The van der Waals surface area contributed by atoms with Gasteiger partial charge in [-0.25, -0.2) is 0 Å². The number of carboxylic acids is 1. The zero-order valence-electron chi connectivity index (χ0n) is 18.6. The Kier molecular flexibility index (Phi) is 6.15. The molecule has 4 rings (SSSR count). The van der Waals surface area contributed by atoms with Crippen LogP contribution in [-0.2, 0) is 19.7 Å². The van der Waals surface area contributed by atoms with Gasteiger partial charge in [0, 0.05) is 6.04 Å². The van der Waals surface area contributed by atoms with Crippen LogP contribution in [0.3, 0.4) is 0 Å². The number of allylic oxidation sites excluding steroid dienone is 2.